The third kappa shape index (κ3) is 10.8. The number of ether oxygens (including phenoxy) is 2. The van der Waals surface area contributed by atoms with Gasteiger partial charge in [-0.25, -0.2) is 0 Å². The Labute approximate surface area is 143 Å². The lowest BCUT2D eigenvalue weighted by molar-refractivity contribution is -0.168. The number of carbonyl (C=O) groups is 1. The number of unbranched alkanes of at least 4 members (excludes halogenated alkanes) is 11. The highest BCUT2D eigenvalue weighted by Gasteiger charge is 2.28. The van der Waals surface area contributed by atoms with Gasteiger partial charge >= 0.3 is 5.97 Å². The molecule has 0 N–H and O–H groups in total. The van der Waals surface area contributed by atoms with Gasteiger partial charge in [0, 0.05) is 0 Å². The van der Waals surface area contributed by atoms with Crippen molar-refractivity contribution >= 4 is 5.97 Å². The summed E-state index contributed by atoms with van der Waals surface area (Å²) in [6, 6.07) is 0. The molecule has 0 aromatic heterocycles. The monoisotopic (exact) mass is 326 g/mol. The van der Waals surface area contributed by atoms with E-state index in [2.05, 4.69) is 6.92 Å². The molecule has 0 amide bonds. The normalized spacial score (nSPS) is 16.1. The minimum absolute atomic E-state index is 0.000535. The fraction of sp³-hybridized carbons (Fsp3) is 0.950. The lowest BCUT2D eigenvalue weighted by Gasteiger charge is -2.25. The lowest BCUT2D eigenvalue weighted by Crippen LogP contribution is -2.37. The van der Waals surface area contributed by atoms with Crippen molar-refractivity contribution in [2.75, 3.05) is 13.2 Å². The van der Waals surface area contributed by atoms with Crippen LogP contribution in [0.5, 0.6) is 0 Å². The second kappa shape index (κ2) is 13.8. The topological polar surface area (TPSA) is 35.5 Å². The van der Waals surface area contributed by atoms with E-state index in [1.54, 1.807) is 0 Å². The quantitative estimate of drug-likeness (QED) is 0.288. The SMILES string of the molecule is CCCCCCCCCCCCCCC(C)OC(=O)C1COC1. The molecule has 0 radical (unpaired) electrons. The molecule has 1 fully saturated rings. The van der Waals surface area contributed by atoms with Gasteiger partial charge in [-0.1, -0.05) is 77.6 Å². The standard InChI is InChI=1S/C20H38O3/c1-3-4-5-6-7-8-9-10-11-12-13-14-15-18(2)23-20(21)19-16-22-17-19/h18-19H,3-17H2,1-2H3. The van der Waals surface area contributed by atoms with Crippen LogP contribution in [-0.2, 0) is 14.3 Å². The molecule has 0 saturated carbocycles. The largest absolute Gasteiger partial charge is 0.462 e. The molecule has 1 atom stereocenters. The first-order valence-electron chi connectivity index (χ1n) is 10.0. The summed E-state index contributed by atoms with van der Waals surface area (Å²) in [5, 5.41) is 0. The van der Waals surface area contributed by atoms with Crippen molar-refractivity contribution in [1.29, 1.82) is 0 Å². The number of carbonyl (C=O) groups excluding carboxylic acids is 1. The molecule has 1 saturated heterocycles. The number of esters is 1. The van der Waals surface area contributed by atoms with Gasteiger partial charge in [0.15, 0.2) is 0 Å². The van der Waals surface area contributed by atoms with Gasteiger partial charge < -0.3 is 9.47 Å². The van der Waals surface area contributed by atoms with Gasteiger partial charge in [-0.05, 0) is 19.8 Å². The van der Waals surface area contributed by atoms with Gasteiger partial charge in [-0.15, -0.1) is 0 Å². The first-order valence-corrected chi connectivity index (χ1v) is 10.0. The number of rotatable bonds is 15. The Bertz CT molecular complexity index is 287. The summed E-state index contributed by atoms with van der Waals surface area (Å²) in [4.78, 5) is 11.7. The van der Waals surface area contributed by atoms with E-state index in [0.29, 0.717) is 13.2 Å². The zero-order valence-corrected chi connectivity index (χ0v) is 15.5. The van der Waals surface area contributed by atoms with Crippen molar-refractivity contribution < 1.29 is 14.3 Å². The van der Waals surface area contributed by atoms with E-state index >= 15 is 0 Å². The minimum atomic E-state index is -0.0670. The molecule has 23 heavy (non-hydrogen) atoms. The fourth-order valence-corrected chi connectivity index (χ4v) is 3.00. The molecule has 0 aromatic rings. The highest BCUT2D eigenvalue weighted by Crippen LogP contribution is 2.16. The summed E-state index contributed by atoms with van der Waals surface area (Å²) in [6.45, 7) is 5.37. The summed E-state index contributed by atoms with van der Waals surface area (Å²) in [6.07, 6.45) is 17.4. The highest BCUT2D eigenvalue weighted by molar-refractivity contribution is 5.73. The van der Waals surface area contributed by atoms with Gasteiger partial charge in [0.05, 0.1) is 19.3 Å². The Morgan fingerprint density at radius 3 is 1.83 bits per heavy atom. The van der Waals surface area contributed by atoms with Crippen LogP contribution in [-0.4, -0.2) is 25.3 Å². The van der Waals surface area contributed by atoms with E-state index < -0.39 is 0 Å². The van der Waals surface area contributed by atoms with Gasteiger partial charge in [0.2, 0.25) is 0 Å². The van der Waals surface area contributed by atoms with Crippen molar-refractivity contribution in [3.05, 3.63) is 0 Å². The molecule has 1 rings (SSSR count). The van der Waals surface area contributed by atoms with Gasteiger partial charge in [-0.2, -0.15) is 0 Å². The maximum absolute atomic E-state index is 11.7. The van der Waals surface area contributed by atoms with Crippen molar-refractivity contribution in [3.63, 3.8) is 0 Å². The van der Waals surface area contributed by atoms with E-state index in [-0.39, 0.29) is 18.0 Å². The van der Waals surface area contributed by atoms with Crippen LogP contribution < -0.4 is 0 Å². The Morgan fingerprint density at radius 2 is 1.39 bits per heavy atom. The summed E-state index contributed by atoms with van der Waals surface area (Å²) < 4.78 is 10.4. The summed E-state index contributed by atoms with van der Waals surface area (Å²) >= 11 is 0. The lowest BCUT2D eigenvalue weighted by atomic mass is 10.0. The first-order chi connectivity index (χ1) is 11.2. The Hall–Kier alpha value is -0.570. The van der Waals surface area contributed by atoms with Crippen LogP contribution in [0.1, 0.15) is 97.3 Å². The third-order valence-electron chi connectivity index (χ3n) is 4.75. The van der Waals surface area contributed by atoms with Crippen LogP contribution in [0.3, 0.4) is 0 Å². The van der Waals surface area contributed by atoms with Gasteiger partial charge in [-0.3, -0.25) is 4.79 Å². The molecular formula is C20H38O3. The minimum Gasteiger partial charge on any atom is -0.462 e. The zero-order chi connectivity index (χ0) is 16.8. The molecular weight excluding hydrogens is 288 g/mol. The maximum atomic E-state index is 11.7. The molecule has 3 heteroatoms. The summed E-state index contributed by atoms with van der Waals surface area (Å²) in [5.74, 6) is -0.0675. The molecule has 1 heterocycles. The average Bonchev–Trinajstić information content (AvgIpc) is 2.46. The van der Waals surface area contributed by atoms with E-state index in [4.69, 9.17) is 9.47 Å². The fourth-order valence-electron chi connectivity index (χ4n) is 3.00. The Balaban J connectivity index is 1.77. The van der Waals surface area contributed by atoms with Gasteiger partial charge in [0.25, 0.3) is 0 Å². The van der Waals surface area contributed by atoms with Crippen molar-refractivity contribution in [2.24, 2.45) is 5.92 Å². The molecule has 3 nitrogen and oxygen atoms in total. The average molecular weight is 327 g/mol. The highest BCUT2D eigenvalue weighted by atomic mass is 16.6. The van der Waals surface area contributed by atoms with E-state index in [9.17, 15) is 4.79 Å². The van der Waals surface area contributed by atoms with Crippen molar-refractivity contribution in [2.45, 2.75) is 103 Å². The molecule has 136 valence electrons. The van der Waals surface area contributed by atoms with Crippen LogP contribution in [0, 0.1) is 5.92 Å². The molecule has 0 aromatic carbocycles. The van der Waals surface area contributed by atoms with Crippen LogP contribution >= 0.6 is 0 Å². The molecule has 0 spiro atoms. The maximum Gasteiger partial charge on any atom is 0.313 e. The third-order valence-corrected chi connectivity index (χ3v) is 4.75. The van der Waals surface area contributed by atoms with Crippen LogP contribution in [0.2, 0.25) is 0 Å². The second-order valence-corrected chi connectivity index (χ2v) is 7.16. The molecule has 0 bridgehead atoms. The van der Waals surface area contributed by atoms with Crippen LogP contribution in [0.15, 0.2) is 0 Å². The Kier molecular flexibility index (Phi) is 12.3. The Morgan fingerprint density at radius 1 is 0.913 bits per heavy atom. The zero-order valence-electron chi connectivity index (χ0n) is 15.5. The predicted octanol–water partition coefficient (Wildman–Crippen LogP) is 5.66. The smallest absolute Gasteiger partial charge is 0.313 e. The first kappa shape index (κ1) is 20.5. The van der Waals surface area contributed by atoms with E-state index in [0.717, 1.165) is 6.42 Å². The summed E-state index contributed by atoms with van der Waals surface area (Å²) in [5.41, 5.74) is 0. The predicted molar refractivity (Wildman–Crippen MR) is 95.6 cm³/mol. The number of hydrogen-bond acceptors (Lipinski definition) is 3. The molecule has 1 aliphatic heterocycles. The number of hydrogen-bond donors (Lipinski definition) is 0. The molecule has 1 unspecified atom stereocenters. The second-order valence-electron chi connectivity index (χ2n) is 7.16. The van der Waals surface area contributed by atoms with Gasteiger partial charge in [0.1, 0.15) is 5.92 Å². The van der Waals surface area contributed by atoms with Crippen molar-refractivity contribution in [1.82, 2.24) is 0 Å². The summed E-state index contributed by atoms with van der Waals surface area (Å²) in [7, 11) is 0. The van der Waals surface area contributed by atoms with E-state index in [1.165, 1.54) is 77.0 Å². The van der Waals surface area contributed by atoms with Crippen LogP contribution in [0.4, 0.5) is 0 Å². The van der Waals surface area contributed by atoms with E-state index in [1.807, 2.05) is 6.92 Å². The molecule has 0 aliphatic carbocycles. The van der Waals surface area contributed by atoms with Crippen LogP contribution in [0.25, 0.3) is 0 Å². The molecule has 1 aliphatic rings. The van der Waals surface area contributed by atoms with Crippen molar-refractivity contribution in [3.8, 4) is 0 Å².